The fourth-order valence-corrected chi connectivity index (χ4v) is 1.88. The van der Waals surface area contributed by atoms with Gasteiger partial charge in [-0.1, -0.05) is 36.4 Å². The van der Waals surface area contributed by atoms with E-state index in [2.05, 4.69) is 10.6 Å². The van der Waals surface area contributed by atoms with Crippen molar-refractivity contribution in [3.8, 4) is 0 Å². The van der Waals surface area contributed by atoms with Gasteiger partial charge in [-0.3, -0.25) is 9.59 Å². The predicted molar refractivity (Wildman–Crippen MR) is 88.1 cm³/mol. The van der Waals surface area contributed by atoms with Crippen LogP contribution >= 0.6 is 0 Å². The van der Waals surface area contributed by atoms with Crippen LogP contribution in [0.5, 0.6) is 0 Å². The van der Waals surface area contributed by atoms with E-state index in [-0.39, 0.29) is 5.91 Å². The van der Waals surface area contributed by atoms with Gasteiger partial charge in [-0.15, -0.1) is 0 Å². The van der Waals surface area contributed by atoms with Crippen LogP contribution in [0.4, 0.5) is 10.1 Å². The molecule has 2 aromatic rings. The van der Waals surface area contributed by atoms with Crippen LogP contribution in [0.15, 0.2) is 60.7 Å². The summed E-state index contributed by atoms with van der Waals surface area (Å²) in [5.74, 6) is -1.24. The largest absolute Gasteiger partial charge is 0.341 e. The van der Waals surface area contributed by atoms with Crippen LogP contribution in [-0.2, 0) is 9.59 Å². The summed E-state index contributed by atoms with van der Waals surface area (Å²) in [5.41, 5.74) is 1.23. The van der Waals surface area contributed by atoms with Gasteiger partial charge >= 0.3 is 0 Å². The first-order valence-corrected chi connectivity index (χ1v) is 7.14. The van der Waals surface area contributed by atoms with Gasteiger partial charge in [0, 0.05) is 11.8 Å². The average molecular weight is 312 g/mol. The van der Waals surface area contributed by atoms with Crippen LogP contribution in [0.3, 0.4) is 0 Å². The maximum Gasteiger partial charge on any atom is 0.246 e. The van der Waals surface area contributed by atoms with Crippen LogP contribution in [0.1, 0.15) is 12.5 Å². The molecule has 0 aliphatic heterocycles. The molecule has 0 fully saturated rings. The lowest BCUT2D eigenvalue weighted by molar-refractivity contribution is -0.123. The summed E-state index contributed by atoms with van der Waals surface area (Å²) < 4.78 is 13.1. The molecule has 23 heavy (non-hydrogen) atoms. The van der Waals surface area contributed by atoms with E-state index in [4.69, 9.17) is 0 Å². The average Bonchev–Trinajstić information content (AvgIpc) is 2.54. The predicted octanol–water partition coefficient (Wildman–Crippen LogP) is 2.98. The Bertz CT molecular complexity index is 714. The zero-order chi connectivity index (χ0) is 16.7. The van der Waals surface area contributed by atoms with E-state index in [1.54, 1.807) is 19.1 Å². The maximum atomic E-state index is 13.1. The summed E-state index contributed by atoms with van der Waals surface area (Å²) in [6.45, 7) is 1.56. The van der Waals surface area contributed by atoms with Crippen LogP contribution in [0.2, 0.25) is 0 Å². The molecule has 0 saturated carbocycles. The summed E-state index contributed by atoms with van der Waals surface area (Å²) in [7, 11) is 0. The fraction of sp³-hybridized carbons (Fsp3) is 0.111. The minimum absolute atomic E-state index is 0.343. The summed E-state index contributed by atoms with van der Waals surface area (Å²) >= 11 is 0. The molecule has 0 saturated heterocycles. The number of rotatable bonds is 5. The Morgan fingerprint density at radius 1 is 1.09 bits per heavy atom. The smallest absolute Gasteiger partial charge is 0.246 e. The van der Waals surface area contributed by atoms with Crippen LogP contribution in [0.25, 0.3) is 6.08 Å². The number of halogens is 1. The topological polar surface area (TPSA) is 58.2 Å². The molecule has 5 heteroatoms. The molecule has 0 aromatic heterocycles. The van der Waals surface area contributed by atoms with Gasteiger partial charge in [-0.25, -0.2) is 4.39 Å². The number of hydrogen-bond acceptors (Lipinski definition) is 2. The Morgan fingerprint density at radius 2 is 1.83 bits per heavy atom. The zero-order valence-corrected chi connectivity index (χ0v) is 12.6. The highest BCUT2D eigenvalue weighted by Gasteiger charge is 2.14. The number of amides is 2. The number of nitrogens with one attached hydrogen (secondary N) is 2. The molecule has 0 bridgehead atoms. The van der Waals surface area contributed by atoms with Crippen LogP contribution in [-0.4, -0.2) is 17.9 Å². The van der Waals surface area contributed by atoms with E-state index in [0.29, 0.717) is 5.69 Å². The third-order valence-electron chi connectivity index (χ3n) is 3.07. The van der Waals surface area contributed by atoms with Gasteiger partial charge in [0.1, 0.15) is 11.9 Å². The first-order chi connectivity index (χ1) is 11.0. The van der Waals surface area contributed by atoms with Crippen molar-refractivity contribution < 1.29 is 14.0 Å². The lowest BCUT2D eigenvalue weighted by atomic mass is 10.2. The Labute approximate surface area is 134 Å². The molecule has 0 aliphatic carbocycles. The first kappa shape index (κ1) is 16.4. The van der Waals surface area contributed by atoms with Gasteiger partial charge in [0.15, 0.2) is 0 Å². The minimum Gasteiger partial charge on any atom is -0.341 e. The molecular weight excluding hydrogens is 295 g/mol. The molecule has 0 spiro atoms. The maximum absolute atomic E-state index is 13.1. The van der Waals surface area contributed by atoms with Crippen molar-refractivity contribution in [3.05, 3.63) is 72.1 Å². The Hall–Kier alpha value is -2.95. The van der Waals surface area contributed by atoms with Gasteiger partial charge in [0.25, 0.3) is 0 Å². The highest BCUT2D eigenvalue weighted by Crippen LogP contribution is 2.09. The number of anilines is 1. The summed E-state index contributed by atoms with van der Waals surface area (Å²) in [6.07, 6.45) is 3.02. The molecule has 0 aliphatic rings. The van der Waals surface area contributed by atoms with Crippen LogP contribution in [0, 0.1) is 5.82 Å². The Kier molecular flexibility index (Phi) is 5.63. The molecule has 118 valence electrons. The molecule has 1 atom stereocenters. The van der Waals surface area contributed by atoms with E-state index in [0.717, 1.165) is 5.56 Å². The van der Waals surface area contributed by atoms with Crippen molar-refractivity contribution >= 4 is 23.6 Å². The molecule has 1 unspecified atom stereocenters. The van der Waals surface area contributed by atoms with Crippen molar-refractivity contribution in [1.82, 2.24) is 5.32 Å². The fourth-order valence-electron chi connectivity index (χ4n) is 1.88. The summed E-state index contributed by atoms with van der Waals surface area (Å²) in [6, 6.07) is 14.2. The summed E-state index contributed by atoms with van der Waals surface area (Å²) in [4.78, 5) is 23.8. The number of hydrogen-bond donors (Lipinski definition) is 2. The molecule has 2 aromatic carbocycles. The van der Waals surface area contributed by atoms with Gasteiger partial charge < -0.3 is 10.6 Å². The first-order valence-electron chi connectivity index (χ1n) is 7.14. The van der Waals surface area contributed by atoms with E-state index < -0.39 is 17.8 Å². The molecule has 4 nitrogen and oxygen atoms in total. The monoisotopic (exact) mass is 312 g/mol. The summed E-state index contributed by atoms with van der Waals surface area (Å²) in [5, 5.41) is 5.10. The van der Waals surface area contributed by atoms with E-state index in [9.17, 15) is 14.0 Å². The van der Waals surface area contributed by atoms with Gasteiger partial charge in [0.2, 0.25) is 11.8 Å². The van der Waals surface area contributed by atoms with E-state index in [1.807, 2.05) is 30.3 Å². The minimum atomic E-state index is -0.744. The van der Waals surface area contributed by atoms with Crippen molar-refractivity contribution in [1.29, 1.82) is 0 Å². The van der Waals surface area contributed by atoms with E-state index >= 15 is 0 Å². The van der Waals surface area contributed by atoms with Gasteiger partial charge in [0.05, 0.1) is 0 Å². The third-order valence-corrected chi connectivity index (χ3v) is 3.07. The number of carbonyl (C=O) groups excluding carboxylic acids is 2. The number of benzene rings is 2. The van der Waals surface area contributed by atoms with Crippen molar-refractivity contribution in [3.63, 3.8) is 0 Å². The van der Waals surface area contributed by atoms with Gasteiger partial charge in [-0.2, -0.15) is 0 Å². The second-order valence-corrected chi connectivity index (χ2v) is 4.97. The molecular formula is C18H17FN2O2. The van der Waals surface area contributed by atoms with Crippen LogP contribution < -0.4 is 10.6 Å². The van der Waals surface area contributed by atoms with Crippen molar-refractivity contribution in [2.45, 2.75) is 13.0 Å². The molecule has 2 amide bonds. The number of carbonyl (C=O) groups is 2. The standard InChI is InChI=1S/C18H17FN2O2/c1-13(18(23)21-16-9-5-8-15(19)12-16)20-17(22)11-10-14-6-3-2-4-7-14/h2-13H,1H3,(H,20,22)(H,21,23)/b11-10+. The quantitative estimate of drug-likeness (QED) is 0.834. The molecule has 2 N–H and O–H groups in total. The van der Waals surface area contributed by atoms with Crippen molar-refractivity contribution in [2.24, 2.45) is 0 Å². The molecule has 0 heterocycles. The normalized spacial score (nSPS) is 11.9. The highest BCUT2D eigenvalue weighted by molar-refractivity contribution is 5.99. The molecule has 0 radical (unpaired) electrons. The Balaban J connectivity index is 1.88. The van der Waals surface area contributed by atoms with Gasteiger partial charge in [-0.05, 0) is 36.8 Å². The lowest BCUT2D eigenvalue weighted by Crippen LogP contribution is -2.40. The molecule has 2 rings (SSSR count). The second-order valence-electron chi connectivity index (χ2n) is 4.97. The van der Waals surface area contributed by atoms with Crippen molar-refractivity contribution in [2.75, 3.05) is 5.32 Å². The van der Waals surface area contributed by atoms with E-state index in [1.165, 1.54) is 24.3 Å². The Morgan fingerprint density at radius 3 is 2.52 bits per heavy atom. The highest BCUT2D eigenvalue weighted by atomic mass is 19.1. The second kappa shape index (κ2) is 7.89. The zero-order valence-electron chi connectivity index (χ0n) is 12.6. The third kappa shape index (κ3) is 5.39. The SMILES string of the molecule is CC(NC(=O)/C=C/c1ccccc1)C(=O)Nc1cccc(F)c1. The lowest BCUT2D eigenvalue weighted by Gasteiger charge is -2.13.